The van der Waals surface area contributed by atoms with E-state index in [2.05, 4.69) is 20.9 Å². The number of rotatable bonds is 11. The molecule has 1 aromatic heterocycles. The van der Waals surface area contributed by atoms with Gasteiger partial charge in [-0.25, -0.2) is 14.6 Å². The second-order valence-corrected chi connectivity index (χ2v) is 14.2. The molecular weight excluding hydrogens is 628 g/mol. The third-order valence-corrected chi connectivity index (χ3v) is 9.24. The lowest BCUT2D eigenvalue weighted by Gasteiger charge is -2.38. The molecule has 3 atom stereocenters. The molecule has 2 fully saturated rings. The van der Waals surface area contributed by atoms with Gasteiger partial charge in [0.05, 0.1) is 13.4 Å². The molecule has 0 radical (unpaired) electrons. The average Bonchev–Trinajstić information content (AvgIpc) is 3.70. The maximum Gasteiger partial charge on any atom is 0.408 e. The molecule has 13 nitrogen and oxygen atoms in total. The summed E-state index contributed by atoms with van der Waals surface area (Å²) in [5.41, 5.74) is -0.480. The quantitative estimate of drug-likeness (QED) is 0.305. The average molecular weight is 681 g/mol. The highest BCUT2D eigenvalue weighted by Crippen LogP contribution is 2.29. The van der Waals surface area contributed by atoms with E-state index in [1.54, 1.807) is 44.9 Å². The number of esters is 1. The van der Waals surface area contributed by atoms with Gasteiger partial charge in [-0.3, -0.25) is 14.4 Å². The van der Waals surface area contributed by atoms with Gasteiger partial charge in [-0.2, -0.15) is 0 Å². The van der Waals surface area contributed by atoms with Crippen LogP contribution < -0.4 is 16.0 Å². The maximum atomic E-state index is 14.2. The number of likely N-dealkylation sites (tertiary alicyclic amines) is 1. The fourth-order valence-electron chi connectivity index (χ4n) is 6.66. The molecule has 13 heteroatoms. The first-order chi connectivity index (χ1) is 23.3. The van der Waals surface area contributed by atoms with E-state index >= 15 is 0 Å². The summed E-state index contributed by atoms with van der Waals surface area (Å²) in [7, 11) is 3.08. The van der Waals surface area contributed by atoms with Gasteiger partial charge in [0.1, 0.15) is 29.3 Å². The number of hydrogen-bond acceptors (Lipinski definition) is 8. The fraction of sp³-hybridized carbons (Fsp3) is 0.611. The minimum Gasteiger partial charge on any atom is -0.467 e. The second kappa shape index (κ2) is 16.8. The van der Waals surface area contributed by atoms with Gasteiger partial charge in [-0.15, -0.1) is 0 Å². The van der Waals surface area contributed by atoms with Crippen molar-refractivity contribution in [2.45, 2.75) is 121 Å². The minimum absolute atomic E-state index is 0.141. The molecule has 1 saturated heterocycles. The molecule has 0 spiro atoms. The Hall–Kier alpha value is -4.42. The van der Waals surface area contributed by atoms with Crippen molar-refractivity contribution in [3.63, 3.8) is 0 Å². The van der Waals surface area contributed by atoms with Crippen LogP contribution in [-0.4, -0.2) is 87.2 Å². The number of aromatic nitrogens is 2. The van der Waals surface area contributed by atoms with Crippen LogP contribution in [0.5, 0.6) is 0 Å². The number of ether oxygens (including phenoxy) is 2. The number of nitrogens with one attached hydrogen (secondary N) is 3. The zero-order chi connectivity index (χ0) is 35.6. The number of nitrogens with zero attached hydrogens (tertiary/aromatic N) is 3. The number of imidazole rings is 1. The van der Waals surface area contributed by atoms with Crippen molar-refractivity contribution in [1.82, 2.24) is 30.4 Å². The van der Waals surface area contributed by atoms with Gasteiger partial charge in [0.2, 0.25) is 17.7 Å². The smallest absolute Gasteiger partial charge is 0.408 e. The van der Waals surface area contributed by atoms with Gasteiger partial charge in [0.25, 0.3) is 0 Å². The molecule has 49 heavy (non-hydrogen) atoms. The van der Waals surface area contributed by atoms with E-state index in [1.807, 2.05) is 30.3 Å². The van der Waals surface area contributed by atoms with Crippen LogP contribution in [-0.2, 0) is 48.5 Å². The summed E-state index contributed by atoms with van der Waals surface area (Å²) in [4.78, 5) is 73.9. The van der Waals surface area contributed by atoms with Crippen molar-refractivity contribution in [3.05, 3.63) is 54.1 Å². The number of aryl methyl sites for hydroxylation is 1. The van der Waals surface area contributed by atoms with Crippen molar-refractivity contribution < 1.29 is 33.4 Å². The Morgan fingerprint density at radius 1 is 0.939 bits per heavy atom. The van der Waals surface area contributed by atoms with Crippen LogP contribution in [0.15, 0.2) is 42.9 Å². The molecule has 2 heterocycles. The summed E-state index contributed by atoms with van der Waals surface area (Å²) in [5.74, 6) is -1.87. The lowest BCUT2D eigenvalue weighted by Crippen LogP contribution is -2.64. The van der Waals surface area contributed by atoms with E-state index in [-0.39, 0.29) is 12.8 Å². The molecule has 1 aliphatic heterocycles. The van der Waals surface area contributed by atoms with E-state index in [4.69, 9.17) is 9.47 Å². The molecule has 268 valence electrons. The number of hydrogen-bond donors (Lipinski definition) is 3. The largest absolute Gasteiger partial charge is 0.467 e. The maximum absolute atomic E-state index is 14.2. The Balaban J connectivity index is 1.56. The van der Waals surface area contributed by atoms with E-state index in [9.17, 15) is 24.0 Å². The number of carbonyl (C=O) groups is 5. The Labute approximate surface area is 288 Å². The Morgan fingerprint density at radius 2 is 1.61 bits per heavy atom. The van der Waals surface area contributed by atoms with Crippen LogP contribution in [0, 0.1) is 0 Å². The first-order valence-electron chi connectivity index (χ1n) is 17.3. The van der Waals surface area contributed by atoms with Gasteiger partial charge in [0, 0.05) is 38.3 Å². The van der Waals surface area contributed by atoms with Crippen LogP contribution in [0.4, 0.5) is 4.79 Å². The van der Waals surface area contributed by atoms with E-state index in [0.717, 1.165) is 43.4 Å². The van der Waals surface area contributed by atoms with E-state index in [1.165, 1.54) is 12.0 Å². The first-order valence-corrected chi connectivity index (χ1v) is 17.3. The predicted octanol–water partition coefficient (Wildman–Crippen LogP) is 3.35. The minimum atomic E-state index is -1.28. The van der Waals surface area contributed by atoms with Gasteiger partial charge in [-0.05, 0) is 52.0 Å². The van der Waals surface area contributed by atoms with Crippen molar-refractivity contribution in [1.29, 1.82) is 0 Å². The first kappa shape index (κ1) is 37.4. The van der Waals surface area contributed by atoms with E-state index < -0.39 is 59.0 Å². The van der Waals surface area contributed by atoms with Crippen molar-refractivity contribution in [3.8, 4) is 0 Å². The van der Waals surface area contributed by atoms with Gasteiger partial charge in [-0.1, -0.05) is 62.4 Å². The molecule has 3 N–H and O–H groups in total. The Kier molecular flexibility index (Phi) is 12.8. The molecule has 2 aliphatic rings. The van der Waals surface area contributed by atoms with Crippen LogP contribution in [0.3, 0.4) is 0 Å². The zero-order valence-corrected chi connectivity index (χ0v) is 29.5. The molecule has 2 aromatic rings. The molecule has 4 rings (SSSR count). The number of amides is 4. The normalized spacial score (nSPS) is 19.0. The summed E-state index contributed by atoms with van der Waals surface area (Å²) in [5, 5.41) is 8.73. The Bertz CT molecular complexity index is 1450. The van der Waals surface area contributed by atoms with Crippen LogP contribution in [0.25, 0.3) is 0 Å². The number of alkyl carbamates (subject to hydrolysis) is 1. The van der Waals surface area contributed by atoms with Gasteiger partial charge >= 0.3 is 12.1 Å². The summed E-state index contributed by atoms with van der Waals surface area (Å²) < 4.78 is 12.3. The zero-order valence-electron chi connectivity index (χ0n) is 29.5. The molecular formula is C36H52N6O7. The predicted molar refractivity (Wildman–Crippen MR) is 182 cm³/mol. The number of methoxy groups -OCH3 is 1. The topological polar surface area (TPSA) is 161 Å². The van der Waals surface area contributed by atoms with Gasteiger partial charge in [0.15, 0.2) is 0 Å². The monoisotopic (exact) mass is 680 g/mol. The molecule has 0 bridgehead atoms. The highest BCUT2D eigenvalue weighted by molar-refractivity contribution is 5.97. The highest BCUT2D eigenvalue weighted by atomic mass is 16.6. The summed E-state index contributed by atoms with van der Waals surface area (Å²) >= 11 is 0. The molecule has 1 saturated carbocycles. The summed E-state index contributed by atoms with van der Waals surface area (Å²) in [6.07, 6.45) is 8.94. The summed E-state index contributed by atoms with van der Waals surface area (Å²) in [6, 6.07) is 6.53. The van der Waals surface area contributed by atoms with Crippen LogP contribution in [0.2, 0.25) is 0 Å². The standard InChI is InChI=1S/C36H52N6O7/c1-35(2,3)49-34(47)39-27(22-26-23-37-24-41(26)4)31(44)42-20-14-17-29(42)30(43)40-36(18-12-7-6-8-13-19-36)33(46)38-28(32(45)48-5)21-25-15-10-9-11-16-25/h9-11,15-16,23-24,27-29H,6-8,12-14,17-22H2,1-5H3,(H,38,46)(H,39,47)(H,40,43)/t27-,28-,29+/m0/s1. The lowest BCUT2D eigenvalue weighted by atomic mass is 9.82. The number of benzene rings is 1. The summed E-state index contributed by atoms with van der Waals surface area (Å²) in [6.45, 7) is 5.53. The van der Waals surface area contributed by atoms with E-state index in [0.29, 0.717) is 32.2 Å². The third-order valence-electron chi connectivity index (χ3n) is 9.24. The van der Waals surface area contributed by atoms with Crippen LogP contribution in [0.1, 0.15) is 89.8 Å². The lowest BCUT2D eigenvalue weighted by molar-refractivity contribution is -0.147. The van der Waals surface area contributed by atoms with Crippen molar-refractivity contribution in [2.75, 3.05) is 13.7 Å². The van der Waals surface area contributed by atoms with Crippen molar-refractivity contribution in [2.24, 2.45) is 7.05 Å². The van der Waals surface area contributed by atoms with Crippen LogP contribution >= 0.6 is 0 Å². The highest BCUT2D eigenvalue weighted by Gasteiger charge is 2.45. The SMILES string of the molecule is COC(=O)[C@H](Cc1ccccc1)NC(=O)C1(NC(=O)[C@H]2CCCN2C(=O)[C@H](Cc2cncn2C)NC(=O)OC(C)(C)C)CCCCCCC1. The fourth-order valence-corrected chi connectivity index (χ4v) is 6.66. The molecule has 0 unspecified atom stereocenters. The second-order valence-electron chi connectivity index (χ2n) is 14.2. The molecule has 4 amide bonds. The number of carbonyl (C=O) groups excluding carboxylic acids is 5. The van der Waals surface area contributed by atoms with Gasteiger partial charge < -0.3 is 34.9 Å². The third kappa shape index (κ3) is 10.3. The Morgan fingerprint density at radius 3 is 2.22 bits per heavy atom. The molecule has 1 aliphatic carbocycles. The molecule has 1 aromatic carbocycles. The van der Waals surface area contributed by atoms with Crippen molar-refractivity contribution >= 4 is 29.8 Å².